The summed E-state index contributed by atoms with van der Waals surface area (Å²) >= 11 is 0. The number of carboxylic acids is 1. The van der Waals surface area contributed by atoms with E-state index in [-0.39, 0.29) is 5.41 Å². The standard InChI is InChI=1S/C22H25NO4/c1-22(2,3)14-13-19(21(25)26)23-20(24)17-11-9-16(10-12-17)15-27-18-7-5-4-6-8-18/h4-14,19H,15H2,1-3H3,(H,23,24)(H,25,26). The molecular formula is C22H25NO4. The molecule has 0 bridgehead atoms. The van der Waals surface area contributed by atoms with Crippen LogP contribution >= 0.6 is 0 Å². The number of carbonyl (C=O) groups excluding carboxylic acids is 1. The highest BCUT2D eigenvalue weighted by molar-refractivity contribution is 5.97. The van der Waals surface area contributed by atoms with Crippen molar-refractivity contribution in [1.82, 2.24) is 5.32 Å². The third kappa shape index (κ3) is 6.98. The highest BCUT2D eigenvalue weighted by atomic mass is 16.5. The molecule has 5 heteroatoms. The van der Waals surface area contributed by atoms with Gasteiger partial charge in [0, 0.05) is 5.56 Å². The summed E-state index contributed by atoms with van der Waals surface area (Å²) in [5.74, 6) is -0.762. The summed E-state index contributed by atoms with van der Waals surface area (Å²) in [7, 11) is 0. The number of hydrogen-bond acceptors (Lipinski definition) is 3. The number of rotatable bonds is 7. The lowest BCUT2D eigenvalue weighted by atomic mass is 9.95. The van der Waals surface area contributed by atoms with Gasteiger partial charge >= 0.3 is 5.97 Å². The zero-order valence-electron chi connectivity index (χ0n) is 15.8. The van der Waals surface area contributed by atoms with E-state index in [9.17, 15) is 14.7 Å². The molecule has 0 aromatic heterocycles. The Hall–Kier alpha value is -3.08. The van der Waals surface area contributed by atoms with E-state index in [4.69, 9.17) is 4.74 Å². The number of benzene rings is 2. The Morgan fingerprint density at radius 1 is 1.07 bits per heavy atom. The number of hydrogen-bond donors (Lipinski definition) is 2. The predicted octanol–water partition coefficient (Wildman–Crippen LogP) is 4.05. The highest BCUT2D eigenvalue weighted by Gasteiger charge is 2.19. The van der Waals surface area contributed by atoms with Crippen LogP contribution in [0.15, 0.2) is 66.7 Å². The van der Waals surface area contributed by atoms with Crippen LogP contribution in [0.25, 0.3) is 0 Å². The first-order valence-electron chi connectivity index (χ1n) is 8.74. The zero-order valence-corrected chi connectivity index (χ0v) is 15.8. The molecule has 0 heterocycles. The largest absolute Gasteiger partial charge is 0.489 e. The van der Waals surface area contributed by atoms with Crippen molar-refractivity contribution >= 4 is 11.9 Å². The molecule has 0 aliphatic heterocycles. The average molecular weight is 367 g/mol. The first kappa shape index (κ1) is 20.2. The second-order valence-corrected chi connectivity index (χ2v) is 7.31. The lowest BCUT2D eigenvalue weighted by Gasteiger charge is -2.15. The van der Waals surface area contributed by atoms with Crippen molar-refractivity contribution in [3.8, 4) is 5.75 Å². The predicted molar refractivity (Wildman–Crippen MR) is 105 cm³/mol. The normalized spacial score (nSPS) is 12.6. The summed E-state index contributed by atoms with van der Waals surface area (Å²) in [4.78, 5) is 23.7. The van der Waals surface area contributed by atoms with E-state index in [2.05, 4.69) is 5.32 Å². The van der Waals surface area contributed by atoms with Crippen LogP contribution < -0.4 is 10.1 Å². The third-order valence-corrected chi connectivity index (χ3v) is 3.71. The van der Waals surface area contributed by atoms with E-state index in [1.54, 1.807) is 30.3 Å². The fraction of sp³-hybridized carbons (Fsp3) is 0.273. The summed E-state index contributed by atoms with van der Waals surface area (Å²) < 4.78 is 5.66. The molecule has 27 heavy (non-hydrogen) atoms. The molecule has 2 aromatic rings. The monoisotopic (exact) mass is 367 g/mol. The van der Waals surface area contributed by atoms with Crippen LogP contribution in [0.3, 0.4) is 0 Å². The summed E-state index contributed by atoms with van der Waals surface area (Å²) in [6, 6.07) is 15.3. The average Bonchev–Trinajstić information content (AvgIpc) is 2.63. The Kier molecular flexibility index (Phi) is 6.77. The maximum Gasteiger partial charge on any atom is 0.330 e. The van der Waals surface area contributed by atoms with Gasteiger partial charge < -0.3 is 15.2 Å². The minimum atomic E-state index is -1.10. The van der Waals surface area contributed by atoms with Crippen LogP contribution in [0.1, 0.15) is 36.7 Å². The van der Waals surface area contributed by atoms with Crippen LogP contribution in [0.2, 0.25) is 0 Å². The molecule has 1 amide bonds. The number of amides is 1. The minimum Gasteiger partial charge on any atom is -0.489 e. The van der Waals surface area contributed by atoms with Crippen LogP contribution in [0, 0.1) is 5.41 Å². The van der Waals surface area contributed by atoms with Crippen LogP contribution in [-0.4, -0.2) is 23.0 Å². The van der Waals surface area contributed by atoms with E-state index >= 15 is 0 Å². The zero-order chi connectivity index (χ0) is 19.9. The first-order chi connectivity index (χ1) is 12.7. The summed E-state index contributed by atoms with van der Waals surface area (Å²) in [5, 5.41) is 11.8. The van der Waals surface area contributed by atoms with E-state index < -0.39 is 17.9 Å². The fourth-order valence-electron chi connectivity index (χ4n) is 2.24. The van der Waals surface area contributed by atoms with Gasteiger partial charge in [-0.1, -0.05) is 63.3 Å². The number of ether oxygens (including phenoxy) is 1. The quantitative estimate of drug-likeness (QED) is 0.724. The maximum atomic E-state index is 12.3. The van der Waals surface area contributed by atoms with Crippen LogP contribution in [0.4, 0.5) is 0 Å². The molecule has 0 aliphatic rings. The van der Waals surface area contributed by atoms with E-state index in [1.165, 1.54) is 6.08 Å². The Bertz CT molecular complexity index is 789. The molecule has 2 N–H and O–H groups in total. The SMILES string of the molecule is CC(C)(C)C=CC(NC(=O)c1ccc(COc2ccccc2)cc1)C(=O)O. The molecule has 0 fully saturated rings. The van der Waals surface area contributed by atoms with Gasteiger partial charge in [-0.15, -0.1) is 0 Å². The molecular weight excluding hydrogens is 342 g/mol. The molecule has 0 spiro atoms. The van der Waals surface area contributed by atoms with Crippen LogP contribution in [0.5, 0.6) is 5.75 Å². The van der Waals surface area contributed by atoms with Gasteiger partial charge in [0.1, 0.15) is 18.4 Å². The third-order valence-electron chi connectivity index (χ3n) is 3.71. The van der Waals surface area contributed by atoms with Gasteiger partial charge in [0.25, 0.3) is 5.91 Å². The topological polar surface area (TPSA) is 75.6 Å². The Morgan fingerprint density at radius 3 is 2.26 bits per heavy atom. The van der Waals surface area contributed by atoms with Crippen molar-refractivity contribution in [3.05, 3.63) is 77.9 Å². The Labute approximate surface area is 159 Å². The maximum absolute atomic E-state index is 12.3. The number of carboxylic acid groups (broad SMARTS) is 1. The first-order valence-corrected chi connectivity index (χ1v) is 8.74. The van der Waals surface area contributed by atoms with Gasteiger partial charge in [-0.2, -0.15) is 0 Å². The second-order valence-electron chi connectivity index (χ2n) is 7.31. The van der Waals surface area contributed by atoms with Gasteiger partial charge in [-0.25, -0.2) is 4.79 Å². The summed E-state index contributed by atoms with van der Waals surface area (Å²) in [6.07, 6.45) is 3.28. The van der Waals surface area contributed by atoms with E-state index in [0.29, 0.717) is 12.2 Å². The number of para-hydroxylation sites is 1. The Morgan fingerprint density at radius 2 is 1.70 bits per heavy atom. The van der Waals surface area contributed by atoms with Crippen molar-refractivity contribution in [2.45, 2.75) is 33.4 Å². The molecule has 1 unspecified atom stereocenters. The molecule has 0 radical (unpaired) electrons. The number of nitrogens with one attached hydrogen (secondary N) is 1. The number of carbonyl (C=O) groups is 2. The number of allylic oxidation sites excluding steroid dienone is 1. The van der Waals surface area contributed by atoms with Crippen molar-refractivity contribution in [2.24, 2.45) is 5.41 Å². The summed E-state index contributed by atoms with van der Waals surface area (Å²) in [5.41, 5.74) is 1.14. The molecule has 2 rings (SSSR count). The van der Waals surface area contributed by atoms with Gasteiger partial charge in [0.15, 0.2) is 0 Å². The fourth-order valence-corrected chi connectivity index (χ4v) is 2.24. The molecule has 0 saturated carbocycles. The molecule has 5 nitrogen and oxygen atoms in total. The van der Waals surface area contributed by atoms with Crippen molar-refractivity contribution in [3.63, 3.8) is 0 Å². The molecule has 1 atom stereocenters. The van der Waals surface area contributed by atoms with Crippen molar-refractivity contribution < 1.29 is 19.4 Å². The van der Waals surface area contributed by atoms with Crippen molar-refractivity contribution in [2.75, 3.05) is 0 Å². The Balaban J connectivity index is 1.97. The van der Waals surface area contributed by atoms with Crippen molar-refractivity contribution in [1.29, 1.82) is 0 Å². The van der Waals surface area contributed by atoms with Crippen LogP contribution in [-0.2, 0) is 11.4 Å². The lowest BCUT2D eigenvalue weighted by Crippen LogP contribution is -2.39. The molecule has 2 aromatic carbocycles. The summed E-state index contributed by atoms with van der Waals surface area (Å²) in [6.45, 7) is 6.26. The second kappa shape index (κ2) is 9.03. The van der Waals surface area contributed by atoms with Gasteiger partial charge in [-0.3, -0.25) is 4.79 Å². The van der Waals surface area contributed by atoms with Gasteiger partial charge in [0.2, 0.25) is 0 Å². The molecule has 142 valence electrons. The minimum absolute atomic E-state index is 0.168. The molecule has 0 saturated heterocycles. The van der Waals surface area contributed by atoms with Gasteiger partial charge in [-0.05, 0) is 35.2 Å². The molecule has 0 aliphatic carbocycles. The van der Waals surface area contributed by atoms with E-state index in [1.807, 2.05) is 51.1 Å². The lowest BCUT2D eigenvalue weighted by molar-refractivity contribution is -0.137. The number of aliphatic carboxylic acids is 1. The highest BCUT2D eigenvalue weighted by Crippen LogP contribution is 2.15. The van der Waals surface area contributed by atoms with Gasteiger partial charge in [0.05, 0.1) is 0 Å². The van der Waals surface area contributed by atoms with E-state index in [0.717, 1.165) is 11.3 Å². The smallest absolute Gasteiger partial charge is 0.330 e.